The highest BCUT2D eigenvalue weighted by Crippen LogP contribution is 2.22. The molecule has 0 radical (unpaired) electrons. The number of aromatic nitrogens is 4. The maximum absolute atomic E-state index is 5.54. The smallest absolute Gasteiger partial charge is 0.179 e. The van der Waals surface area contributed by atoms with E-state index in [1.54, 1.807) is 0 Å². The lowest BCUT2D eigenvalue weighted by atomic mass is 10.3. The Morgan fingerprint density at radius 3 is 2.76 bits per heavy atom. The Labute approximate surface area is 129 Å². The first-order chi connectivity index (χ1) is 10.1. The zero-order valence-corrected chi connectivity index (χ0v) is 13.7. The fourth-order valence-corrected chi connectivity index (χ4v) is 3.46. The molecule has 1 fully saturated rings. The van der Waals surface area contributed by atoms with Gasteiger partial charge in [0.25, 0.3) is 0 Å². The van der Waals surface area contributed by atoms with Gasteiger partial charge in [-0.3, -0.25) is 9.47 Å². The Bertz CT molecular complexity index is 679. The van der Waals surface area contributed by atoms with Crippen LogP contribution in [0.15, 0.2) is 0 Å². The number of fused-ring (bicyclic) bond motifs is 1. The van der Waals surface area contributed by atoms with Gasteiger partial charge in [0.1, 0.15) is 5.52 Å². The van der Waals surface area contributed by atoms with Crippen molar-refractivity contribution in [2.24, 2.45) is 0 Å². The van der Waals surface area contributed by atoms with Gasteiger partial charge in [-0.15, -0.1) is 0 Å². The molecule has 3 heterocycles. The molecule has 1 saturated heterocycles. The van der Waals surface area contributed by atoms with E-state index in [1.165, 1.54) is 0 Å². The molecule has 0 aromatic carbocycles. The van der Waals surface area contributed by atoms with Crippen molar-refractivity contribution in [2.45, 2.75) is 33.4 Å². The quantitative estimate of drug-likeness (QED) is 0.879. The van der Waals surface area contributed by atoms with Gasteiger partial charge in [-0.1, -0.05) is 0 Å². The number of nitrogens with one attached hydrogen (secondary N) is 1. The van der Waals surface area contributed by atoms with Gasteiger partial charge in [-0.25, -0.2) is 4.68 Å². The van der Waals surface area contributed by atoms with Crippen LogP contribution < -0.4 is 0 Å². The molecular weight excluding hydrogens is 286 g/mol. The predicted molar refractivity (Wildman–Crippen MR) is 85.3 cm³/mol. The van der Waals surface area contributed by atoms with Crippen molar-refractivity contribution in [2.75, 3.05) is 32.8 Å². The van der Waals surface area contributed by atoms with Crippen LogP contribution in [0.4, 0.5) is 0 Å². The summed E-state index contributed by atoms with van der Waals surface area (Å²) in [5, 5.41) is 4.58. The standard InChI is InChI=1S/C14H23N5OS/c1-4-18-13-12(11(3)16-18)15-14(21)19(13)10(2)9-17-5-7-20-8-6-17/h10H,4-9H2,1-3H3,(H,15,21). The molecule has 116 valence electrons. The van der Waals surface area contributed by atoms with E-state index in [9.17, 15) is 0 Å². The van der Waals surface area contributed by atoms with Gasteiger partial charge in [0.15, 0.2) is 10.4 Å². The highest BCUT2D eigenvalue weighted by molar-refractivity contribution is 7.71. The van der Waals surface area contributed by atoms with Crippen LogP contribution in [0.3, 0.4) is 0 Å². The molecular formula is C14H23N5OS. The minimum Gasteiger partial charge on any atom is -0.379 e. The van der Waals surface area contributed by atoms with Crippen molar-refractivity contribution in [3.8, 4) is 0 Å². The third-order valence-electron chi connectivity index (χ3n) is 4.15. The Morgan fingerprint density at radius 2 is 2.10 bits per heavy atom. The summed E-state index contributed by atoms with van der Waals surface area (Å²) < 4.78 is 10.4. The van der Waals surface area contributed by atoms with Gasteiger partial charge >= 0.3 is 0 Å². The Balaban J connectivity index is 1.94. The highest BCUT2D eigenvalue weighted by atomic mass is 32.1. The lowest BCUT2D eigenvalue weighted by Crippen LogP contribution is -2.39. The Morgan fingerprint density at radius 1 is 1.38 bits per heavy atom. The largest absolute Gasteiger partial charge is 0.379 e. The third kappa shape index (κ3) is 2.65. The van der Waals surface area contributed by atoms with E-state index in [0.29, 0.717) is 6.04 Å². The Kier molecular flexibility index (Phi) is 4.14. The maximum atomic E-state index is 5.54. The molecule has 0 bridgehead atoms. The summed E-state index contributed by atoms with van der Waals surface area (Å²) in [5.74, 6) is 0. The van der Waals surface area contributed by atoms with Crippen LogP contribution in [0, 0.1) is 11.7 Å². The summed E-state index contributed by atoms with van der Waals surface area (Å²) in [7, 11) is 0. The van der Waals surface area contributed by atoms with E-state index in [-0.39, 0.29) is 0 Å². The lowest BCUT2D eigenvalue weighted by molar-refractivity contribution is 0.0326. The highest BCUT2D eigenvalue weighted by Gasteiger charge is 2.20. The van der Waals surface area contributed by atoms with Gasteiger partial charge in [0, 0.05) is 32.2 Å². The second-order valence-corrected chi connectivity index (χ2v) is 6.05. The predicted octanol–water partition coefficient (Wildman–Crippen LogP) is 2.12. The minimum atomic E-state index is 0.311. The molecule has 6 nitrogen and oxygen atoms in total. The summed E-state index contributed by atoms with van der Waals surface area (Å²) in [6.45, 7) is 11.8. The van der Waals surface area contributed by atoms with Crippen molar-refractivity contribution < 1.29 is 4.74 Å². The number of hydrogen-bond acceptors (Lipinski definition) is 4. The van der Waals surface area contributed by atoms with Crippen LogP contribution in [0.2, 0.25) is 0 Å². The average molecular weight is 309 g/mol. The number of aromatic amines is 1. The number of nitrogens with zero attached hydrogens (tertiary/aromatic N) is 4. The topological polar surface area (TPSA) is 51.0 Å². The van der Waals surface area contributed by atoms with E-state index in [4.69, 9.17) is 17.0 Å². The van der Waals surface area contributed by atoms with Crippen molar-refractivity contribution in [1.29, 1.82) is 0 Å². The molecule has 3 rings (SSSR count). The van der Waals surface area contributed by atoms with Crippen LogP contribution in [0.25, 0.3) is 11.2 Å². The minimum absolute atomic E-state index is 0.311. The summed E-state index contributed by atoms with van der Waals surface area (Å²) in [5.41, 5.74) is 3.19. The third-order valence-corrected chi connectivity index (χ3v) is 4.44. The molecule has 0 aliphatic carbocycles. The Hall–Kier alpha value is -1.18. The van der Waals surface area contributed by atoms with Gasteiger partial charge in [0.2, 0.25) is 0 Å². The summed E-state index contributed by atoms with van der Waals surface area (Å²) in [4.78, 5) is 5.76. The average Bonchev–Trinajstić information content (AvgIpc) is 2.96. The molecule has 2 aromatic rings. The van der Waals surface area contributed by atoms with Crippen LogP contribution in [0.1, 0.15) is 25.6 Å². The molecule has 0 saturated carbocycles. The van der Waals surface area contributed by atoms with E-state index in [0.717, 1.165) is 61.0 Å². The van der Waals surface area contributed by atoms with Crippen LogP contribution in [0.5, 0.6) is 0 Å². The van der Waals surface area contributed by atoms with Gasteiger partial charge < -0.3 is 9.72 Å². The number of imidazole rings is 1. The lowest BCUT2D eigenvalue weighted by Gasteiger charge is -2.29. The molecule has 0 amide bonds. The number of ether oxygens (including phenoxy) is 1. The zero-order valence-electron chi connectivity index (χ0n) is 12.9. The molecule has 1 N–H and O–H groups in total. The molecule has 1 aliphatic heterocycles. The molecule has 2 aromatic heterocycles. The first-order valence-electron chi connectivity index (χ1n) is 7.59. The summed E-state index contributed by atoms with van der Waals surface area (Å²) in [6.07, 6.45) is 0. The van der Waals surface area contributed by atoms with E-state index >= 15 is 0 Å². The molecule has 7 heteroatoms. The normalized spacial score (nSPS) is 18.4. The first-order valence-corrected chi connectivity index (χ1v) is 8.00. The SMILES string of the molecule is CCn1nc(C)c2[nH]c(=S)n(C(C)CN3CCOCC3)c21. The van der Waals surface area contributed by atoms with E-state index in [1.807, 2.05) is 11.6 Å². The molecule has 1 atom stereocenters. The van der Waals surface area contributed by atoms with Gasteiger partial charge in [-0.2, -0.15) is 5.10 Å². The zero-order chi connectivity index (χ0) is 15.0. The number of rotatable bonds is 4. The second kappa shape index (κ2) is 5.90. The monoisotopic (exact) mass is 309 g/mol. The molecule has 1 unspecified atom stereocenters. The van der Waals surface area contributed by atoms with Crippen molar-refractivity contribution in [3.05, 3.63) is 10.5 Å². The number of morpholine rings is 1. The van der Waals surface area contributed by atoms with Crippen LogP contribution >= 0.6 is 12.2 Å². The van der Waals surface area contributed by atoms with Gasteiger partial charge in [0.05, 0.1) is 18.9 Å². The van der Waals surface area contributed by atoms with E-state index in [2.05, 4.69) is 33.4 Å². The molecule has 0 spiro atoms. The van der Waals surface area contributed by atoms with Crippen molar-refractivity contribution in [3.63, 3.8) is 0 Å². The molecule has 1 aliphatic rings. The number of aryl methyl sites for hydroxylation is 2. The van der Waals surface area contributed by atoms with Crippen molar-refractivity contribution in [1.82, 2.24) is 24.2 Å². The fourth-order valence-electron chi connectivity index (χ4n) is 3.09. The van der Waals surface area contributed by atoms with Gasteiger partial charge in [-0.05, 0) is 33.0 Å². The number of H-pyrrole nitrogens is 1. The summed E-state index contributed by atoms with van der Waals surface area (Å²) in [6, 6.07) is 0.311. The van der Waals surface area contributed by atoms with E-state index < -0.39 is 0 Å². The second-order valence-electron chi connectivity index (χ2n) is 5.66. The van der Waals surface area contributed by atoms with Crippen LogP contribution in [-0.2, 0) is 11.3 Å². The first kappa shape index (κ1) is 14.7. The fraction of sp³-hybridized carbons (Fsp3) is 0.714. The molecule has 21 heavy (non-hydrogen) atoms. The summed E-state index contributed by atoms with van der Waals surface area (Å²) >= 11 is 5.54. The van der Waals surface area contributed by atoms with Crippen LogP contribution in [-0.4, -0.2) is 57.1 Å². The van der Waals surface area contributed by atoms with Crippen molar-refractivity contribution >= 4 is 23.4 Å². The maximum Gasteiger partial charge on any atom is 0.179 e. The number of hydrogen-bond donors (Lipinski definition) is 1.